The zero-order chi connectivity index (χ0) is 25.3. The van der Waals surface area contributed by atoms with E-state index < -0.39 is 11.7 Å². The zero-order valence-corrected chi connectivity index (χ0v) is 20.2. The Bertz CT molecular complexity index is 1210. The molecule has 0 radical (unpaired) electrons. The largest absolute Gasteiger partial charge is 0.490 e. The molecule has 0 unspecified atom stereocenters. The number of carbonyl (C=O) groups is 1. The zero-order valence-electron chi connectivity index (χ0n) is 20.2. The van der Waals surface area contributed by atoms with Gasteiger partial charge < -0.3 is 24.7 Å². The van der Waals surface area contributed by atoms with Gasteiger partial charge in [0, 0.05) is 54.7 Å². The second-order valence-electron chi connectivity index (χ2n) is 9.56. The maximum atomic E-state index is 12.8. The van der Waals surface area contributed by atoms with E-state index in [4.69, 9.17) is 9.15 Å². The third-order valence-electron chi connectivity index (χ3n) is 7.09. The standard InChI is InChI=1S/C27H30F3N3O3/c1-17-23-7-6-22(16-24(23)36-25(17)26(34)32-19-8-12-31-13-9-19)35-21-10-14-33(15-11-21)20-4-2-18(3-5-20)27(28,29)30/h2-7,16,19,21,31H,8-15H2,1H3,(H,32,34). The number of piperidine rings is 2. The first-order chi connectivity index (χ1) is 17.3. The van der Waals surface area contributed by atoms with Crippen LogP contribution in [0.15, 0.2) is 46.9 Å². The number of nitrogens with one attached hydrogen (secondary N) is 2. The number of nitrogens with zero attached hydrogens (tertiary/aromatic N) is 1. The molecule has 0 aliphatic carbocycles. The first-order valence-electron chi connectivity index (χ1n) is 12.4. The van der Waals surface area contributed by atoms with E-state index in [9.17, 15) is 18.0 Å². The number of rotatable bonds is 5. The number of hydrogen-bond donors (Lipinski definition) is 2. The summed E-state index contributed by atoms with van der Waals surface area (Å²) in [4.78, 5) is 14.9. The number of aryl methyl sites for hydroxylation is 1. The maximum absolute atomic E-state index is 12.8. The average molecular weight is 502 g/mol. The Morgan fingerprint density at radius 3 is 2.42 bits per heavy atom. The summed E-state index contributed by atoms with van der Waals surface area (Å²) >= 11 is 0. The van der Waals surface area contributed by atoms with Crippen LogP contribution in [-0.2, 0) is 6.18 Å². The topological polar surface area (TPSA) is 66.7 Å². The van der Waals surface area contributed by atoms with Gasteiger partial charge in [-0.1, -0.05) is 0 Å². The van der Waals surface area contributed by atoms with E-state index in [-0.39, 0.29) is 18.1 Å². The number of furan rings is 1. The number of carbonyl (C=O) groups excluding carboxylic acids is 1. The molecular weight excluding hydrogens is 471 g/mol. The second kappa shape index (κ2) is 10.0. The van der Waals surface area contributed by atoms with Crippen LogP contribution >= 0.6 is 0 Å². The Kier molecular flexibility index (Phi) is 6.83. The van der Waals surface area contributed by atoms with Gasteiger partial charge in [0.1, 0.15) is 17.4 Å². The summed E-state index contributed by atoms with van der Waals surface area (Å²) in [6, 6.07) is 11.1. The van der Waals surface area contributed by atoms with Crippen LogP contribution in [0.1, 0.15) is 47.4 Å². The fourth-order valence-corrected chi connectivity index (χ4v) is 5.00. The van der Waals surface area contributed by atoms with Crippen molar-refractivity contribution in [3.8, 4) is 5.75 Å². The summed E-state index contributed by atoms with van der Waals surface area (Å²) in [6.45, 7) is 5.07. The summed E-state index contributed by atoms with van der Waals surface area (Å²) in [5, 5.41) is 7.25. The summed E-state index contributed by atoms with van der Waals surface area (Å²) < 4.78 is 50.6. The van der Waals surface area contributed by atoms with Gasteiger partial charge in [-0.05, 0) is 69.3 Å². The molecule has 9 heteroatoms. The Labute approximate surface area is 207 Å². The molecule has 0 spiro atoms. The van der Waals surface area contributed by atoms with Crippen molar-refractivity contribution in [3.05, 3.63) is 59.4 Å². The van der Waals surface area contributed by atoms with Crippen molar-refractivity contribution >= 4 is 22.6 Å². The first-order valence-corrected chi connectivity index (χ1v) is 12.4. The normalized spacial score (nSPS) is 17.9. The van der Waals surface area contributed by atoms with Crippen molar-refractivity contribution in [3.63, 3.8) is 0 Å². The van der Waals surface area contributed by atoms with Crippen LogP contribution in [0.3, 0.4) is 0 Å². The summed E-state index contributed by atoms with van der Waals surface area (Å²) in [6.07, 6.45) is -1.03. The fraction of sp³-hybridized carbons (Fsp3) is 0.444. The van der Waals surface area contributed by atoms with E-state index in [1.165, 1.54) is 12.1 Å². The van der Waals surface area contributed by atoms with E-state index in [0.717, 1.165) is 67.5 Å². The third kappa shape index (κ3) is 5.31. The molecule has 0 saturated carbocycles. The Balaban J connectivity index is 1.20. The van der Waals surface area contributed by atoms with Gasteiger partial charge in [-0.3, -0.25) is 4.79 Å². The lowest BCUT2D eigenvalue weighted by atomic mass is 10.1. The predicted octanol–water partition coefficient (Wildman–Crippen LogP) is 5.29. The van der Waals surface area contributed by atoms with Gasteiger partial charge in [-0.15, -0.1) is 0 Å². The molecule has 2 aliphatic rings. The fourth-order valence-electron chi connectivity index (χ4n) is 5.00. The minimum atomic E-state index is -4.33. The molecule has 2 aliphatic heterocycles. The highest BCUT2D eigenvalue weighted by molar-refractivity contribution is 5.99. The lowest BCUT2D eigenvalue weighted by Crippen LogP contribution is -2.42. The molecule has 2 fully saturated rings. The summed E-state index contributed by atoms with van der Waals surface area (Å²) in [5.74, 6) is 0.828. The van der Waals surface area contributed by atoms with Gasteiger partial charge in [0.2, 0.25) is 0 Å². The van der Waals surface area contributed by atoms with Crippen LogP contribution in [0, 0.1) is 6.92 Å². The van der Waals surface area contributed by atoms with Gasteiger partial charge in [-0.2, -0.15) is 13.2 Å². The molecule has 1 amide bonds. The van der Waals surface area contributed by atoms with E-state index in [0.29, 0.717) is 30.2 Å². The first kappa shape index (κ1) is 24.5. The average Bonchev–Trinajstić information content (AvgIpc) is 3.20. The highest BCUT2D eigenvalue weighted by Gasteiger charge is 2.30. The van der Waals surface area contributed by atoms with Gasteiger partial charge in [-0.25, -0.2) is 0 Å². The SMILES string of the molecule is Cc1c(C(=O)NC2CCNCC2)oc2cc(OC3CCN(c4ccc(C(F)(F)F)cc4)CC3)ccc12. The molecule has 2 aromatic carbocycles. The quantitative estimate of drug-likeness (QED) is 0.497. The lowest BCUT2D eigenvalue weighted by molar-refractivity contribution is -0.137. The van der Waals surface area contributed by atoms with Gasteiger partial charge in [0.25, 0.3) is 5.91 Å². The number of hydrogen-bond acceptors (Lipinski definition) is 5. The molecule has 1 aromatic heterocycles. The molecule has 3 aromatic rings. The van der Waals surface area contributed by atoms with Crippen molar-refractivity contribution in [1.82, 2.24) is 10.6 Å². The Hall–Kier alpha value is -3.20. The number of halogens is 3. The molecule has 0 atom stereocenters. The highest BCUT2D eigenvalue weighted by Crippen LogP contribution is 2.32. The molecule has 2 N–H and O–H groups in total. The van der Waals surface area contributed by atoms with E-state index >= 15 is 0 Å². The van der Waals surface area contributed by atoms with Gasteiger partial charge >= 0.3 is 6.18 Å². The molecule has 2 saturated heterocycles. The van der Waals surface area contributed by atoms with Crippen LogP contribution < -0.4 is 20.3 Å². The molecule has 192 valence electrons. The summed E-state index contributed by atoms with van der Waals surface area (Å²) in [7, 11) is 0. The number of alkyl halides is 3. The van der Waals surface area contributed by atoms with Crippen molar-refractivity contribution in [1.29, 1.82) is 0 Å². The molecule has 6 nitrogen and oxygen atoms in total. The van der Waals surface area contributed by atoms with E-state index in [1.807, 2.05) is 25.1 Å². The van der Waals surface area contributed by atoms with Crippen molar-refractivity contribution < 1.29 is 27.1 Å². The maximum Gasteiger partial charge on any atom is 0.416 e. The number of benzene rings is 2. The third-order valence-corrected chi connectivity index (χ3v) is 7.09. The van der Waals surface area contributed by atoms with Crippen LogP contribution in [0.2, 0.25) is 0 Å². The molecule has 3 heterocycles. The smallest absolute Gasteiger partial charge is 0.416 e. The van der Waals surface area contributed by atoms with Gasteiger partial charge in [0.05, 0.1) is 5.56 Å². The van der Waals surface area contributed by atoms with Crippen molar-refractivity contribution in [2.45, 2.75) is 50.9 Å². The highest BCUT2D eigenvalue weighted by atomic mass is 19.4. The minimum absolute atomic E-state index is 0.00751. The van der Waals surface area contributed by atoms with Crippen molar-refractivity contribution in [2.24, 2.45) is 0 Å². The number of amides is 1. The van der Waals surface area contributed by atoms with E-state index in [1.54, 1.807) is 0 Å². The number of ether oxygens (including phenoxy) is 1. The predicted molar refractivity (Wildman–Crippen MR) is 132 cm³/mol. The number of fused-ring (bicyclic) bond motifs is 1. The van der Waals surface area contributed by atoms with E-state index in [2.05, 4.69) is 15.5 Å². The number of anilines is 1. The molecule has 5 rings (SSSR count). The Morgan fingerprint density at radius 2 is 1.75 bits per heavy atom. The van der Waals surface area contributed by atoms with Crippen LogP contribution in [0.5, 0.6) is 5.75 Å². The molecular formula is C27H30F3N3O3. The Morgan fingerprint density at radius 1 is 1.06 bits per heavy atom. The molecule has 36 heavy (non-hydrogen) atoms. The monoisotopic (exact) mass is 501 g/mol. The summed E-state index contributed by atoms with van der Waals surface area (Å²) in [5.41, 5.74) is 1.57. The lowest BCUT2D eigenvalue weighted by Gasteiger charge is -2.33. The minimum Gasteiger partial charge on any atom is -0.490 e. The van der Waals surface area contributed by atoms with Crippen LogP contribution in [0.25, 0.3) is 11.0 Å². The van der Waals surface area contributed by atoms with Crippen LogP contribution in [0.4, 0.5) is 18.9 Å². The van der Waals surface area contributed by atoms with Gasteiger partial charge in [0.15, 0.2) is 5.76 Å². The molecule has 0 bridgehead atoms. The van der Waals surface area contributed by atoms with Crippen molar-refractivity contribution in [2.75, 3.05) is 31.1 Å². The second-order valence-corrected chi connectivity index (χ2v) is 9.56. The van der Waals surface area contributed by atoms with Crippen LogP contribution in [-0.4, -0.2) is 44.2 Å².